The number of anilines is 1. The lowest BCUT2D eigenvalue weighted by Gasteiger charge is -2.32. The molecule has 0 saturated carbocycles. The van der Waals surface area contributed by atoms with E-state index in [9.17, 15) is 18.0 Å². The predicted molar refractivity (Wildman–Crippen MR) is 102 cm³/mol. The molecule has 0 aliphatic carbocycles. The topological polar surface area (TPSA) is 56.8 Å². The van der Waals surface area contributed by atoms with Crippen LogP contribution in [0.2, 0.25) is 5.02 Å². The van der Waals surface area contributed by atoms with Gasteiger partial charge in [0.2, 0.25) is 0 Å². The Morgan fingerprint density at radius 1 is 1.11 bits per heavy atom. The Morgan fingerprint density at radius 3 is 2.04 bits per heavy atom. The zero-order valence-electron chi connectivity index (χ0n) is 16.9. The molecule has 1 fully saturated rings. The quantitative estimate of drug-likeness (QED) is 0.682. The molecular formula is C18H24BClF3NO4. The zero-order chi connectivity index (χ0) is 21.7. The molecule has 1 aromatic rings. The molecule has 1 N–H and O–H groups in total. The van der Waals surface area contributed by atoms with Gasteiger partial charge in [0.25, 0.3) is 0 Å². The Morgan fingerprint density at radius 2 is 1.61 bits per heavy atom. The Bertz CT molecular complexity index is 759. The molecule has 0 radical (unpaired) electrons. The smallest absolute Gasteiger partial charge is 0.444 e. The number of hydrogen-bond donors (Lipinski definition) is 1. The number of nitrogens with one attached hydrogen (secondary N) is 1. The standard InChI is InChI=1S/C18H24BClF3NO4/c1-15(2,3)26-14(25)24-10-8-11(13(12(20)9-10)18(21,22)23)19-27-16(4,5)17(6,7)28-19/h8-9H,1-7H3,(H,24,25). The van der Waals surface area contributed by atoms with Gasteiger partial charge in [0.05, 0.1) is 21.8 Å². The third-order valence-electron chi connectivity index (χ3n) is 4.56. The van der Waals surface area contributed by atoms with E-state index in [1.54, 1.807) is 48.5 Å². The third kappa shape index (κ3) is 4.93. The third-order valence-corrected chi connectivity index (χ3v) is 4.85. The maximum absolute atomic E-state index is 13.7. The van der Waals surface area contributed by atoms with E-state index in [1.807, 2.05) is 0 Å². The minimum Gasteiger partial charge on any atom is -0.444 e. The van der Waals surface area contributed by atoms with Gasteiger partial charge in [0.1, 0.15) is 5.60 Å². The van der Waals surface area contributed by atoms with Crippen LogP contribution in [-0.4, -0.2) is 30.0 Å². The molecule has 0 spiro atoms. The van der Waals surface area contributed by atoms with Gasteiger partial charge in [0, 0.05) is 5.69 Å². The molecule has 156 valence electrons. The summed E-state index contributed by atoms with van der Waals surface area (Å²) in [6.45, 7) is 11.9. The van der Waals surface area contributed by atoms with Crippen LogP contribution in [0.3, 0.4) is 0 Å². The van der Waals surface area contributed by atoms with Crippen molar-refractivity contribution in [1.82, 2.24) is 0 Å². The molecule has 0 atom stereocenters. The largest absolute Gasteiger partial charge is 0.495 e. The highest BCUT2D eigenvalue weighted by Gasteiger charge is 2.54. The van der Waals surface area contributed by atoms with Crippen molar-refractivity contribution in [1.29, 1.82) is 0 Å². The monoisotopic (exact) mass is 421 g/mol. The fourth-order valence-electron chi connectivity index (χ4n) is 2.58. The van der Waals surface area contributed by atoms with Crippen LogP contribution >= 0.6 is 11.6 Å². The second-order valence-corrected chi connectivity index (χ2v) is 9.04. The molecule has 2 rings (SSSR count). The maximum atomic E-state index is 13.7. The molecule has 1 amide bonds. The maximum Gasteiger partial charge on any atom is 0.495 e. The zero-order valence-corrected chi connectivity index (χ0v) is 17.6. The average molecular weight is 422 g/mol. The molecule has 28 heavy (non-hydrogen) atoms. The number of alkyl halides is 3. The molecule has 1 heterocycles. The fraction of sp³-hybridized carbons (Fsp3) is 0.611. The second-order valence-electron chi connectivity index (χ2n) is 8.64. The van der Waals surface area contributed by atoms with Gasteiger partial charge in [-0.25, -0.2) is 4.79 Å². The van der Waals surface area contributed by atoms with Crippen molar-refractivity contribution in [3.8, 4) is 0 Å². The summed E-state index contributed by atoms with van der Waals surface area (Å²) in [4.78, 5) is 12.0. The molecule has 1 saturated heterocycles. The number of ether oxygens (including phenoxy) is 1. The van der Waals surface area contributed by atoms with Gasteiger partial charge < -0.3 is 14.0 Å². The summed E-state index contributed by atoms with van der Waals surface area (Å²) in [5, 5.41) is 1.82. The van der Waals surface area contributed by atoms with Crippen LogP contribution in [0.1, 0.15) is 54.0 Å². The molecule has 0 bridgehead atoms. The van der Waals surface area contributed by atoms with Crippen LogP contribution in [0.25, 0.3) is 0 Å². The van der Waals surface area contributed by atoms with Gasteiger partial charge >= 0.3 is 19.4 Å². The predicted octanol–water partition coefficient (Wildman–Crippen LogP) is 5.01. The first-order valence-electron chi connectivity index (χ1n) is 8.69. The SMILES string of the molecule is CC(C)(C)OC(=O)Nc1cc(Cl)c(C(F)(F)F)c(B2OC(C)(C)C(C)(C)O2)c1. The lowest BCUT2D eigenvalue weighted by Crippen LogP contribution is -2.41. The summed E-state index contributed by atoms with van der Waals surface area (Å²) in [6.07, 6.45) is -5.55. The van der Waals surface area contributed by atoms with E-state index in [-0.39, 0.29) is 11.2 Å². The van der Waals surface area contributed by atoms with E-state index in [0.717, 1.165) is 12.1 Å². The first-order valence-corrected chi connectivity index (χ1v) is 9.07. The lowest BCUT2D eigenvalue weighted by atomic mass is 9.75. The van der Waals surface area contributed by atoms with E-state index in [0.29, 0.717) is 0 Å². The van der Waals surface area contributed by atoms with Gasteiger partial charge in [0.15, 0.2) is 0 Å². The summed E-state index contributed by atoms with van der Waals surface area (Å²) in [7, 11) is -1.31. The Hall–Kier alpha value is -1.45. The van der Waals surface area contributed by atoms with E-state index < -0.39 is 46.8 Å². The molecule has 0 unspecified atom stereocenters. The van der Waals surface area contributed by atoms with Crippen molar-refractivity contribution in [3.63, 3.8) is 0 Å². The summed E-state index contributed by atoms with van der Waals surface area (Å²) in [5.41, 5.74) is -3.80. The number of amides is 1. The number of carbonyl (C=O) groups is 1. The molecule has 1 aliphatic heterocycles. The van der Waals surface area contributed by atoms with Crippen molar-refractivity contribution >= 4 is 36.0 Å². The van der Waals surface area contributed by atoms with Gasteiger partial charge in [-0.15, -0.1) is 0 Å². The molecule has 1 aromatic carbocycles. The van der Waals surface area contributed by atoms with Crippen LogP contribution in [0.4, 0.5) is 23.7 Å². The first-order chi connectivity index (χ1) is 12.4. The van der Waals surface area contributed by atoms with Crippen molar-refractivity contribution in [3.05, 3.63) is 22.7 Å². The molecular weight excluding hydrogens is 397 g/mol. The van der Waals surface area contributed by atoms with Gasteiger partial charge in [-0.1, -0.05) is 11.6 Å². The highest BCUT2D eigenvalue weighted by molar-refractivity contribution is 6.63. The second kappa shape index (κ2) is 7.11. The van der Waals surface area contributed by atoms with Crippen molar-refractivity contribution < 1.29 is 32.0 Å². The van der Waals surface area contributed by atoms with E-state index in [2.05, 4.69) is 5.32 Å². The van der Waals surface area contributed by atoms with Crippen molar-refractivity contribution in [2.24, 2.45) is 0 Å². The first kappa shape index (κ1) is 22.8. The number of rotatable bonds is 2. The highest BCUT2D eigenvalue weighted by atomic mass is 35.5. The molecule has 1 aliphatic rings. The molecule has 5 nitrogen and oxygen atoms in total. The van der Waals surface area contributed by atoms with E-state index in [1.165, 1.54) is 0 Å². The summed E-state index contributed by atoms with van der Waals surface area (Å²) in [5.74, 6) is 0. The minimum absolute atomic E-state index is 0.0389. The number of halogens is 4. The Labute approximate surface area is 168 Å². The summed E-state index contributed by atoms with van der Waals surface area (Å²) < 4.78 is 57.6. The highest BCUT2D eigenvalue weighted by Crippen LogP contribution is 2.40. The van der Waals surface area contributed by atoms with Crippen LogP contribution in [0, 0.1) is 0 Å². The van der Waals surface area contributed by atoms with Crippen molar-refractivity contribution in [2.45, 2.75) is 71.4 Å². The minimum atomic E-state index is -4.74. The number of benzene rings is 1. The van der Waals surface area contributed by atoms with E-state index in [4.69, 9.17) is 25.6 Å². The normalized spacial score (nSPS) is 18.9. The average Bonchev–Trinajstić information content (AvgIpc) is 2.62. The summed E-state index contributed by atoms with van der Waals surface area (Å²) in [6, 6.07) is 2.16. The Kier molecular flexibility index (Phi) is 5.80. The van der Waals surface area contributed by atoms with Crippen LogP contribution in [0.15, 0.2) is 12.1 Å². The van der Waals surface area contributed by atoms with Gasteiger partial charge in [-0.2, -0.15) is 13.2 Å². The van der Waals surface area contributed by atoms with Crippen LogP contribution in [0.5, 0.6) is 0 Å². The number of hydrogen-bond acceptors (Lipinski definition) is 4. The van der Waals surface area contributed by atoms with Crippen molar-refractivity contribution in [2.75, 3.05) is 5.32 Å². The number of carbonyl (C=O) groups excluding carboxylic acids is 1. The van der Waals surface area contributed by atoms with E-state index >= 15 is 0 Å². The van der Waals surface area contributed by atoms with Gasteiger partial charge in [-0.3, -0.25) is 5.32 Å². The van der Waals surface area contributed by atoms with Gasteiger partial charge in [-0.05, 0) is 66.1 Å². The summed E-state index contributed by atoms with van der Waals surface area (Å²) >= 11 is 5.93. The lowest BCUT2D eigenvalue weighted by molar-refractivity contribution is -0.136. The Balaban J connectivity index is 2.48. The molecule has 0 aromatic heterocycles. The van der Waals surface area contributed by atoms with Crippen LogP contribution < -0.4 is 10.8 Å². The fourth-order valence-corrected chi connectivity index (χ4v) is 2.91. The molecule has 10 heteroatoms. The van der Waals surface area contributed by atoms with Crippen LogP contribution in [-0.2, 0) is 20.2 Å².